The summed E-state index contributed by atoms with van der Waals surface area (Å²) in [5.41, 5.74) is 1.57. The molecular formula is C22H27F2IN6O2. The summed E-state index contributed by atoms with van der Waals surface area (Å²) in [6.07, 6.45) is 0. The first-order valence-corrected chi connectivity index (χ1v) is 9.99. The zero-order chi connectivity index (χ0) is 22.9. The second-order valence-corrected chi connectivity index (χ2v) is 6.93. The Labute approximate surface area is 208 Å². The Morgan fingerprint density at radius 3 is 2.39 bits per heavy atom. The fourth-order valence-corrected chi connectivity index (χ4v) is 2.88. The summed E-state index contributed by atoms with van der Waals surface area (Å²) in [6.45, 7) is 0.0206. The quantitative estimate of drug-likeness (QED) is 0.231. The van der Waals surface area contributed by atoms with Crippen molar-refractivity contribution in [1.29, 1.82) is 0 Å². The number of aliphatic imine (C=N–C) groups is 1. The Morgan fingerprint density at radius 1 is 1.06 bits per heavy atom. The molecule has 0 unspecified atom stereocenters. The predicted octanol–water partition coefficient (Wildman–Crippen LogP) is 3.79. The first-order valence-electron chi connectivity index (χ1n) is 9.99. The predicted molar refractivity (Wildman–Crippen MR) is 132 cm³/mol. The molecule has 8 nitrogen and oxygen atoms in total. The van der Waals surface area contributed by atoms with Crippen molar-refractivity contribution in [3.05, 3.63) is 71.3 Å². The molecule has 0 fully saturated rings. The Kier molecular flexibility index (Phi) is 10.3. The van der Waals surface area contributed by atoms with Gasteiger partial charge in [0.25, 0.3) is 0 Å². The van der Waals surface area contributed by atoms with Crippen molar-refractivity contribution < 1.29 is 18.3 Å². The van der Waals surface area contributed by atoms with Gasteiger partial charge in [0.2, 0.25) is 0 Å². The lowest BCUT2D eigenvalue weighted by molar-refractivity contribution is -0.0504. The van der Waals surface area contributed by atoms with E-state index >= 15 is 0 Å². The van der Waals surface area contributed by atoms with Crippen molar-refractivity contribution in [3.63, 3.8) is 0 Å². The van der Waals surface area contributed by atoms with Crippen molar-refractivity contribution in [2.24, 2.45) is 12.0 Å². The van der Waals surface area contributed by atoms with Crippen LogP contribution < -0.4 is 20.1 Å². The van der Waals surface area contributed by atoms with E-state index in [9.17, 15) is 8.78 Å². The molecule has 1 aromatic heterocycles. The second-order valence-electron chi connectivity index (χ2n) is 6.93. The Morgan fingerprint density at radius 2 is 1.76 bits per heavy atom. The molecule has 33 heavy (non-hydrogen) atoms. The van der Waals surface area contributed by atoms with E-state index in [1.807, 2.05) is 42.8 Å². The molecule has 2 aromatic carbocycles. The Balaban J connectivity index is 0.00000385. The molecule has 0 atom stereocenters. The highest BCUT2D eigenvalue weighted by atomic mass is 127. The maximum atomic E-state index is 12.7. The smallest absolute Gasteiger partial charge is 0.387 e. The number of methoxy groups -OCH3 is 1. The van der Waals surface area contributed by atoms with Crippen LogP contribution in [0.2, 0.25) is 0 Å². The third-order valence-electron chi connectivity index (χ3n) is 4.81. The molecule has 0 saturated heterocycles. The van der Waals surface area contributed by atoms with E-state index in [1.54, 1.807) is 25.3 Å². The summed E-state index contributed by atoms with van der Waals surface area (Å²) in [7, 11) is 3.49. The first-order chi connectivity index (χ1) is 15.5. The Bertz CT molecular complexity index is 1040. The number of nitrogens with one attached hydrogen (secondary N) is 2. The van der Waals surface area contributed by atoms with Crippen molar-refractivity contribution in [3.8, 4) is 11.5 Å². The molecule has 1 heterocycles. The third kappa shape index (κ3) is 7.84. The highest BCUT2D eigenvalue weighted by molar-refractivity contribution is 14.0. The largest absolute Gasteiger partial charge is 0.497 e. The molecule has 0 bridgehead atoms. The first kappa shape index (κ1) is 26.3. The molecule has 3 aromatic rings. The highest BCUT2D eigenvalue weighted by Gasteiger charge is 2.11. The van der Waals surface area contributed by atoms with Crippen LogP contribution in [0.1, 0.15) is 22.8 Å². The van der Waals surface area contributed by atoms with Crippen molar-refractivity contribution in [2.45, 2.75) is 33.2 Å². The lowest BCUT2D eigenvalue weighted by Crippen LogP contribution is -2.37. The lowest BCUT2D eigenvalue weighted by atomic mass is 10.2. The van der Waals surface area contributed by atoms with Crippen LogP contribution in [0.3, 0.4) is 0 Å². The van der Waals surface area contributed by atoms with Gasteiger partial charge in [0.05, 0.1) is 20.2 Å². The molecule has 3 rings (SSSR count). The van der Waals surface area contributed by atoms with Gasteiger partial charge in [0.1, 0.15) is 17.3 Å². The minimum absolute atomic E-state index is 0. The van der Waals surface area contributed by atoms with Crippen LogP contribution >= 0.6 is 24.0 Å². The van der Waals surface area contributed by atoms with Gasteiger partial charge in [0.15, 0.2) is 11.8 Å². The van der Waals surface area contributed by atoms with Gasteiger partial charge < -0.3 is 24.7 Å². The molecule has 2 N–H and O–H groups in total. The number of rotatable bonds is 9. The molecule has 11 heteroatoms. The van der Waals surface area contributed by atoms with Gasteiger partial charge in [-0.1, -0.05) is 30.3 Å². The molecule has 0 aliphatic heterocycles. The normalized spacial score (nSPS) is 11.2. The molecule has 178 valence electrons. The van der Waals surface area contributed by atoms with Crippen LogP contribution in [0.4, 0.5) is 8.78 Å². The number of para-hydroxylation sites is 1. The van der Waals surface area contributed by atoms with Crippen molar-refractivity contribution in [1.82, 2.24) is 25.4 Å². The monoisotopic (exact) mass is 572 g/mol. The van der Waals surface area contributed by atoms with Crippen LogP contribution in [-0.2, 0) is 26.7 Å². The van der Waals surface area contributed by atoms with Crippen LogP contribution in [0, 0.1) is 6.92 Å². The third-order valence-corrected chi connectivity index (χ3v) is 4.81. The molecule has 0 amide bonds. The van der Waals surface area contributed by atoms with Crippen molar-refractivity contribution >= 4 is 29.9 Å². The number of aromatic nitrogens is 3. The number of guanidine groups is 1. The standard InChI is InChI=1S/C22H26F2N6O2.HI/c1-15-28-29-20(30(15)2)14-27-22(25-12-16-8-10-18(31-3)11-9-16)26-13-17-6-4-5-7-19(17)32-21(23)24;/h4-11,21H,12-14H2,1-3H3,(H2,25,26,27);1H. The lowest BCUT2D eigenvalue weighted by Gasteiger charge is -2.15. The topological polar surface area (TPSA) is 85.6 Å². The fourth-order valence-electron chi connectivity index (χ4n) is 2.88. The summed E-state index contributed by atoms with van der Waals surface area (Å²) in [5, 5.41) is 14.6. The number of hydrogen-bond acceptors (Lipinski definition) is 5. The van der Waals surface area contributed by atoms with E-state index in [0.29, 0.717) is 24.6 Å². The molecule has 0 aliphatic rings. The van der Waals surface area contributed by atoms with Crippen LogP contribution in [0.15, 0.2) is 53.5 Å². The van der Waals surface area contributed by atoms with E-state index in [0.717, 1.165) is 23.0 Å². The zero-order valence-electron chi connectivity index (χ0n) is 18.6. The molecule has 0 saturated carbocycles. The summed E-state index contributed by atoms with van der Waals surface area (Å²) >= 11 is 0. The fraction of sp³-hybridized carbons (Fsp3) is 0.318. The average Bonchev–Trinajstić information content (AvgIpc) is 3.11. The highest BCUT2D eigenvalue weighted by Crippen LogP contribution is 2.20. The van der Waals surface area contributed by atoms with Crippen LogP contribution in [-0.4, -0.2) is 34.4 Å². The van der Waals surface area contributed by atoms with E-state index in [2.05, 4.69) is 30.6 Å². The number of alkyl halides is 2. The van der Waals surface area contributed by atoms with Gasteiger partial charge in [0, 0.05) is 19.2 Å². The summed E-state index contributed by atoms with van der Waals surface area (Å²) in [6, 6.07) is 14.2. The number of nitrogens with zero attached hydrogens (tertiary/aromatic N) is 4. The number of halogens is 3. The average molecular weight is 572 g/mol. The maximum absolute atomic E-state index is 12.7. The van der Waals surface area contributed by atoms with Crippen molar-refractivity contribution in [2.75, 3.05) is 7.11 Å². The Hall–Kier alpha value is -2.96. The molecule has 0 aliphatic carbocycles. The van der Waals surface area contributed by atoms with E-state index in [-0.39, 0.29) is 36.3 Å². The summed E-state index contributed by atoms with van der Waals surface area (Å²) in [4.78, 5) is 4.61. The summed E-state index contributed by atoms with van der Waals surface area (Å²) < 4.78 is 37.1. The van der Waals surface area contributed by atoms with E-state index in [1.165, 1.54) is 6.07 Å². The van der Waals surface area contributed by atoms with Crippen LogP contribution in [0.25, 0.3) is 0 Å². The van der Waals surface area contributed by atoms with Gasteiger partial charge in [-0.3, -0.25) is 0 Å². The van der Waals surface area contributed by atoms with Crippen LogP contribution in [0.5, 0.6) is 11.5 Å². The van der Waals surface area contributed by atoms with Gasteiger partial charge in [-0.2, -0.15) is 8.78 Å². The van der Waals surface area contributed by atoms with E-state index < -0.39 is 6.61 Å². The number of ether oxygens (including phenoxy) is 2. The SMILES string of the molecule is COc1ccc(CN=C(NCc2ccccc2OC(F)F)NCc2nnc(C)n2C)cc1.I. The molecule has 0 spiro atoms. The second kappa shape index (κ2) is 12.9. The number of aryl methyl sites for hydroxylation is 1. The molecule has 0 radical (unpaired) electrons. The van der Waals surface area contributed by atoms with Gasteiger partial charge in [-0.25, -0.2) is 4.99 Å². The number of hydrogen-bond donors (Lipinski definition) is 2. The minimum atomic E-state index is -2.89. The van der Waals surface area contributed by atoms with E-state index in [4.69, 9.17) is 4.74 Å². The van der Waals surface area contributed by atoms with Gasteiger partial charge in [-0.05, 0) is 30.7 Å². The maximum Gasteiger partial charge on any atom is 0.387 e. The van der Waals surface area contributed by atoms with Gasteiger partial charge >= 0.3 is 6.61 Å². The van der Waals surface area contributed by atoms with Gasteiger partial charge in [-0.15, -0.1) is 34.2 Å². The zero-order valence-corrected chi connectivity index (χ0v) is 20.9. The molecular weight excluding hydrogens is 545 g/mol. The minimum Gasteiger partial charge on any atom is -0.497 e. The number of benzene rings is 2. The summed E-state index contributed by atoms with van der Waals surface area (Å²) in [5.74, 6) is 2.91.